The van der Waals surface area contributed by atoms with Gasteiger partial charge in [-0.1, -0.05) is 120 Å². The van der Waals surface area contributed by atoms with Gasteiger partial charge in [-0.15, -0.1) is 0 Å². The van der Waals surface area contributed by atoms with Gasteiger partial charge in [0.1, 0.15) is 0 Å². The molecule has 0 aromatic heterocycles. The highest BCUT2D eigenvalue weighted by molar-refractivity contribution is 5.97. The largest absolute Gasteiger partial charge is 0.294 e. The van der Waals surface area contributed by atoms with Gasteiger partial charge in [0.15, 0.2) is 5.78 Å². The molecule has 0 bridgehead atoms. The van der Waals surface area contributed by atoms with E-state index >= 15 is 0 Å². The van der Waals surface area contributed by atoms with Gasteiger partial charge in [-0.2, -0.15) is 0 Å². The molecule has 0 saturated heterocycles. The molecule has 2 rings (SSSR count). The molecule has 1 nitrogen and oxygen atoms in total. The van der Waals surface area contributed by atoms with Crippen LogP contribution in [0.4, 0.5) is 0 Å². The Kier molecular flexibility index (Phi) is 17.0. The Morgan fingerprint density at radius 3 is 1.94 bits per heavy atom. The van der Waals surface area contributed by atoms with E-state index in [-0.39, 0.29) is 5.92 Å². The van der Waals surface area contributed by atoms with Gasteiger partial charge in [-0.25, -0.2) is 0 Å². The fourth-order valence-corrected chi connectivity index (χ4v) is 4.16. The number of benzene rings is 1. The molecule has 1 aliphatic carbocycles. The zero-order chi connectivity index (χ0) is 23.6. The van der Waals surface area contributed by atoms with Gasteiger partial charge >= 0.3 is 0 Å². The highest BCUT2D eigenvalue weighted by Crippen LogP contribution is 2.31. The van der Waals surface area contributed by atoms with Crippen molar-refractivity contribution in [1.29, 1.82) is 0 Å². The predicted octanol–water partition coefficient (Wildman–Crippen LogP) is 9.90. The van der Waals surface area contributed by atoms with Crippen molar-refractivity contribution in [2.24, 2.45) is 11.8 Å². The van der Waals surface area contributed by atoms with E-state index in [1.54, 1.807) is 5.57 Å². The summed E-state index contributed by atoms with van der Waals surface area (Å²) in [6, 6.07) is 7.94. The molecule has 0 heterocycles. The molecule has 0 spiro atoms. The third-order valence-electron chi connectivity index (χ3n) is 6.00. The lowest BCUT2D eigenvalue weighted by atomic mass is 9.89. The van der Waals surface area contributed by atoms with Gasteiger partial charge < -0.3 is 0 Å². The van der Waals surface area contributed by atoms with Crippen molar-refractivity contribution >= 4 is 5.78 Å². The van der Waals surface area contributed by atoms with Gasteiger partial charge in [0.05, 0.1) is 0 Å². The number of hydrogen-bond acceptors (Lipinski definition) is 1. The minimum Gasteiger partial charge on any atom is -0.294 e. The molecule has 1 aromatic carbocycles. The molecule has 1 atom stereocenters. The number of carbonyl (C=O) groups excluding carboxylic acids is 1. The fourth-order valence-electron chi connectivity index (χ4n) is 4.16. The zero-order valence-electron chi connectivity index (χ0n) is 21.9. The summed E-state index contributed by atoms with van der Waals surface area (Å²) in [5, 5.41) is 0. The number of rotatable bonds is 11. The van der Waals surface area contributed by atoms with E-state index < -0.39 is 0 Å². The number of carbonyl (C=O) groups is 1. The average Bonchev–Trinajstić information content (AvgIpc) is 3.15. The molecule has 0 N–H and O–H groups in total. The van der Waals surface area contributed by atoms with Crippen LogP contribution in [-0.2, 0) is 0 Å². The summed E-state index contributed by atoms with van der Waals surface area (Å²) in [5.74, 6) is 1.30. The van der Waals surface area contributed by atoms with Crippen LogP contribution in [0, 0.1) is 18.8 Å². The van der Waals surface area contributed by atoms with Crippen molar-refractivity contribution in [3.8, 4) is 0 Å². The minimum absolute atomic E-state index is 0.220. The van der Waals surface area contributed by atoms with Crippen LogP contribution in [0.5, 0.6) is 0 Å². The van der Waals surface area contributed by atoms with Crippen molar-refractivity contribution < 1.29 is 4.79 Å². The molecule has 1 heteroatoms. The molecule has 0 fully saturated rings. The normalized spacial score (nSPS) is 14.8. The van der Waals surface area contributed by atoms with E-state index in [2.05, 4.69) is 46.8 Å². The lowest BCUT2D eigenvalue weighted by molar-refractivity contribution is 0.0905. The van der Waals surface area contributed by atoms with Gasteiger partial charge in [0.25, 0.3) is 0 Å². The highest BCUT2D eigenvalue weighted by atomic mass is 16.1. The van der Waals surface area contributed by atoms with Crippen LogP contribution < -0.4 is 0 Å². The van der Waals surface area contributed by atoms with Crippen LogP contribution >= 0.6 is 0 Å². The van der Waals surface area contributed by atoms with Crippen LogP contribution in [0.25, 0.3) is 0 Å². The second-order valence-electron chi connectivity index (χ2n) is 8.54. The Labute approximate surface area is 194 Å². The summed E-state index contributed by atoms with van der Waals surface area (Å²) in [5.41, 5.74) is 5.32. The minimum atomic E-state index is 0.220. The monoisotopic (exact) mass is 426 g/mol. The summed E-state index contributed by atoms with van der Waals surface area (Å²) < 4.78 is 0. The van der Waals surface area contributed by atoms with Gasteiger partial charge in [0.2, 0.25) is 0 Å². The van der Waals surface area contributed by atoms with Crippen LogP contribution in [0.3, 0.4) is 0 Å². The van der Waals surface area contributed by atoms with E-state index in [0.29, 0.717) is 5.78 Å². The third kappa shape index (κ3) is 11.0. The molecule has 0 aliphatic heterocycles. The van der Waals surface area contributed by atoms with Crippen molar-refractivity contribution in [3.05, 3.63) is 58.7 Å². The van der Waals surface area contributed by atoms with Crippen LogP contribution in [0.15, 0.2) is 47.6 Å². The maximum absolute atomic E-state index is 12.2. The topological polar surface area (TPSA) is 17.1 Å². The molecule has 1 aromatic rings. The Hall–Kier alpha value is -1.63. The van der Waals surface area contributed by atoms with E-state index in [1.807, 2.05) is 45.0 Å². The highest BCUT2D eigenvalue weighted by Gasteiger charge is 2.18. The smallest absolute Gasteiger partial charge is 0.165 e. The first-order chi connectivity index (χ1) is 15.0. The lowest BCUT2D eigenvalue weighted by Crippen LogP contribution is -2.14. The van der Waals surface area contributed by atoms with Gasteiger partial charge in [-0.05, 0) is 51.9 Å². The number of aryl methyl sites for hydroxylation is 1. The molecular weight excluding hydrogens is 376 g/mol. The first-order valence-corrected chi connectivity index (χ1v) is 13.0. The van der Waals surface area contributed by atoms with Crippen molar-refractivity contribution in [2.45, 2.75) is 113 Å². The van der Waals surface area contributed by atoms with Crippen molar-refractivity contribution in [2.75, 3.05) is 0 Å². The molecule has 176 valence electrons. The van der Waals surface area contributed by atoms with Gasteiger partial charge in [0, 0.05) is 11.5 Å². The van der Waals surface area contributed by atoms with E-state index in [0.717, 1.165) is 37.2 Å². The fraction of sp³-hybridized carbons (Fsp3) is 0.633. The number of ketones is 1. The van der Waals surface area contributed by atoms with E-state index in [9.17, 15) is 4.79 Å². The van der Waals surface area contributed by atoms with E-state index in [1.165, 1.54) is 43.2 Å². The predicted molar refractivity (Wildman–Crippen MR) is 140 cm³/mol. The number of hydrogen-bond donors (Lipinski definition) is 0. The summed E-state index contributed by atoms with van der Waals surface area (Å²) >= 11 is 0. The maximum atomic E-state index is 12.2. The van der Waals surface area contributed by atoms with Crippen molar-refractivity contribution in [3.63, 3.8) is 0 Å². The molecule has 0 saturated carbocycles. The SMILES string of the molecule is CC.CCCC(CCC)C(=O)c1ccc(C)cc1.CCCCCC1=C(C)C=CC1CC. The number of unbranched alkanes of at least 4 members (excludes halogenated alkanes) is 2. The second kappa shape index (κ2) is 18.0. The first-order valence-electron chi connectivity index (χ1n) is 13.0. The molecule has 0 amide bonds. The third-order valence-corrected chi connectivity index (χ3v) is 6.00. The average molecular weight is 427 g/mol. The van der Waals surface area contributed by atoms with Crippen LogP contribution in [0.1, 0.15) is 122 Å². The van der Waals surface area contributed by atoms with Crippen molar-refractivity contribution in [1.82, 2.24) is 0 Å². The molecule has 1 aliphatic rings. The Morgan fingerprint density at radius 2 is 1.45 bits per heavy atom. The Morgan fingerprint density at radius 1 is 0.871 bits per heavy atom. The maximum Gasteiger partial charge on any atom is 0.165 e. The number of Topliss-reactive ketones (excluding diaryl/α,β-unsaturated/α-hetero) is 1. The van der Waals surface area contributed by atoms with Gasteiger partial charge in [-0.3, -0.25) is 4.79 Å². The van der Waals surface area contributed by atoms with Crippen LogP contribution in [0.2, 0.25) is 0 Å². The standard InChI is InChI=1S/C15H22O.C13H22.C2H6/c1-4-6-13(7-5-2)15(16)14-10-8-12(3)9-11-14;1-4-6-7-8-13-11(3)9-10-12(13)5-2;1-2/h8-11,13H,4-7H2,1-3H3;9-10,12H,4-8H2,1-3H3;1-2H3. The molecule has 1 unspecified atom stereocenters. The molecular formula is C30H50O. The number of allylic oxidation sites excluding steroid dienone is 4. The van der Waals surface area contributed by atoms with Crippen LogP contribution in [-0.4, -0.2) is 5.78 Å². The van der Waals surface area contributed by atoms with E-state index in [4.69, 9.17) is 0 Å². The summed E-state index contributed by atoms with van der Waals surface area (Å²) in [7, 11) is 0. The first kappa shape index (κ1) is 29.4. The molecule has 0 radical (unpaired) electrons. The Balaban J connectivity index is 0.000000547. The zero-order valence-corrected chi connectivity index (χ0v) is 21.9. The summed E-state index contributed by atoms with van der Waals surface area (Å²) in [4.78, 5) is 12.2. The lowest BCUT2D eigenvalue weighted by Gasteiger charge is -2.13. The second-order valence-corrected chi connectivity index (χ2v) is 8.54. The summed E-state index contributed by atoms with van der Waals surface area (Å²) in [6.07, 6.45) is 15.6. The quantitative estimate of drug-likeness (QED) is 0.254. The molecule has 31 heavy (non-hydrogen) atoms. The Bertz CT molecular complexity index is 641. The summed E-state index contributed by atoms with van der Waals surface area (Å²) in [6.45, 7) is 17.1.